The molecule has 0 saturated carbocycles. The van der Waals surface area contributed by atoms with Gasteiger partial charge in [-0.2, -0.15) is 0 Å². The second-order valence-electron chi connectivity index (χ2n) is 5.43. The Balaban J connectivity index is 1.68. The summed E-state index contributed by atoms with van der Waals surface area (Å²) in [5.41, 5.74) is 0.978. The summed E-state index contributed by atoms with van der Waals surface area (Å²) >= 11 is 5.70. The molecule has 0 aliphatic carbocycles. The summed E-state index contributed by atoms with van der Waals surface area (Å²) in [6.07, 6.45) is 1.52. The van der Waals surface area contributed by atoms with E-state index in [1.165, 1.54) is 24.5 Å². The van der Waals surface area contributed by atoms with Crippen molar-refractivity contribution in [2.45, 2.75) is 6.54 Å². The van der Waals surface area contributed by atoms with Gasteiger partial charge in [0.05, 0.1) is 17.8 Å². The molecule has 0 atom stereocenters. The van der Waals surface area contributed by atoms with E-state index in [4.69, 9.17) is 16.0 Å². The molecule has 2 aromatic carbocycles. The Morgan fingerprint density at radius 1 is 1.00 bits per heavy atom. The molecule has 0 fully saturated rings. The van der Waals surface area contributed by atoms with Crippen molar-refractivity contribution in [3.63, 3.8) is 0 Å². The van der Waals surface area contributed by atoms with Gasteiger partial charge in [-0.15, -0.1) is 0 Å². The highest BCUT2D eigenvalue weighted by atomic mass is 35.5. The first-order valence-electron chi connectivity index (χ1n) is 7.70. The number of hydrogen-bond donors (Lipinski definition) is 2. The van der Waals surface area contributed by atoms with Crippen LogP contribution in [-0.4, -0.2) is 11.8 Å². The number of nitrogens with one attached hydrogen (secondary N) is 2. The Morgan fingerprint density at radius 3 is 2.46 bits per heavy atom. The summed E-state index contributed by atoms with van der Waals surface area (Å²) in [4.78, 5) is 24.5. The zero-order valence-corrected chi connectivity index (χ0v) is 14.2. The van der Waals surface area contributed by atoms with Crippen LogP contribution in [0.15, 0.2) is 65.3 Å². The number of hydrogen-bond acceptors (Lipinski definition) is 3. The number of carbonyl (C=O) groups excluding carboxylic acids is 2. The van der Waals surface area contributed by atoms with E-state index in [1.54, 1.807) is 30.3 Å². The average molecular weight is 373 g/mol. The lowest BCUT2D eigenvalue weighted by Gasteiger charge is -2.08. The molecule has 3 rings (SSSR count). The standard InChI is InChI=1S/C19H14ClFN2O3/c20-16-10-14(6-7-17(16)21)23-19(25)13-4-1-3-12(9-13)18(24)22-11-15-5-2-8-26-15/h1-10H,11H2,(H,22,24)(H,23,25). The summed E-state index contributed by atoms with van der Waals surface area (Å²) in [6, 6.07) is 13.6. The second-order valence-corrected chi connectivity index (χ2v) is 5.83. The van der Waals surface area contributed by atoms with Crippen molar-refractivity contribution in [2.24, 2.45) is 0 Å². The lowest BCUT2D eigenvalue weighted by Crippen LogP contribution is -2.23. The average Bonchev–Trinajstić information content (AvgIpc) is 3.16. The summed E-state index contributed by atoms with van der Waals surface area (Å²) in [5.74, 6) is -0.713. The van der Waals surface area contributed by atoms with E-state index in [1.807, 2.05) is 0 Å². The Kier molecular flexibility index (Phi) is 5.34. The molecule has 7 heteroatoms. The highest BCUT2D eigenvalue weighted by Gasteiger charge is 2.12. The zero-order valence-electron chi connectivity index (χ0n) is 13.5. The second kappa shape index (κ2) is 7.84. The molecule has 0 unspecified atom stereocenters. The van der Waals surface area contributed by atoms with Crippen molar-refractivity contribution in [3.8, 4) is 0 Å². The molecule has 0 radical (unpaired) electrons. The molecule has 0 aliphatic rings. The third-order valence-corrected chi connectivity index (χ3v) is 3.86. The monoisotopic (exact) mass is 372 g/mol. The SMILES string of the molecule is O=C(NCc1ccco1)c1cccc(C(=O)Nc2ccc(F)c(Cl)c2)c1. The summed E-state index contributed by atoms with van der Waals surface area (Å²) in [7, 11) is 0. The molecule has 132 valence electrons. The number of halogens is 2. The normalized spacial score (nSPS) is 10.4. The molecule has 1 heterocycles. The molecular formula is C19H14ClFN2O3. The van der Waals surface area contributed by atoms with Crippen LogP contribution in [0.4, 0.5) is 10.1 Å². The molecular weight excluding hydrogens is 359 g/mol. The number of rotatable bonds is 5. The van der Waals surface area contributed by atoms with Gasteiger partial charge < -0.3 is 15.1 Å². The van der Waals surface area contributed by atoms with Crippen molar-refractivity contribution < 1.29 is 18.4 Å². The fourth-order valence-corrected chi connectivity index (χ4v) is 2.44. The number of amides is 2. The van der Waals surface area contributed by atoms with Gasteiger partial charge in [0.2, 0.25) is 0 Å². The van der Waals surface area contributed by atoms with Gasteiger partial charge in [0.15, 0.2) is 0 Å². The van der Waals surface area contributed by atoms with E-state index in [2.05, 4.69) is 10.6 Å². The molecule has 0 aliphatic heterocycles. The highest BCUT2D eigenvalue weighted by molar-refractivity contribution is 6.31. The first kappa shape index (κ1) is 17.7. The number of anilines is 1. The maximum atomic E-state index is 13.2. The summed E-state index contributed by atoms with van der Waals surface area (Å²) < 4.78 is 18.3. The molecule has 0 saturated heterocycles. The van der Waals surface area contributed by atoms with Gasteiger partial charge in [0.25, 0.3) is 11.8 Å². The maximum absolute atomic E-state index is 13.2. The molecule has 3 aromatic rings. The van der Waals surface area contributed by atoms with Crippen LogP contribution in [0, 0.1) is 5.82 Å². The Bertz CT molecular complexity index is 942. The third-order valence-electron chi connectivity index (χ3n) is 3.57. The highest BCUT2D eigenvalue weighted by Crippen LogP contribution is 2.20. The van der Waals surface area contributed by atoms with Crippen LogP contribution in [0.1, 0.15) is 26.5 Å². The van der Waals surface area contributed by atoms with Crippen LogP contribution in [0.3, 0.4) is 0 Å². The molecule has 0 spiro atoms. The summed E-state index contributed by atoms with van der Waals surface area (Å²) in [5, 5.41) is 5.23. The van der Waals surface area contributed by atoms with Crippen LogP contribution >= 0.6 is 11.6 Å². The minimum atomic E-state index is -0.570. The minimum Gasteiger partial charge on any atom is -0.467 e. The lowest BCUT2D eigenvalue weighted by atomic mass is 10.1. The van der Waals surface area contributed by atoms with Crippen LogP contribution in [0.2, 0.25) is 5.02 Å². The molecule has 0 bridgehead atoms. The first-order valence-corrected chi connectivity index (χ1v) is 8.08. The predicted molar refractivity (Wildman–Crippen MR) is 95.7 cm³/mol. The Labute approximate surface area is 153 Å². The van der Waals surface area contributed by atoms with Crippen molar-refractivity contribution in [3.05, 3.63) is 88.6 Å². The van der Waals surface area contributed by atoms with E-state index in [-0.39, 0.29) is 23.0 Å². The lowest BCUT2D eigenvalue weighted by molar-refractivity contribution is 0.0948. The third kappa shape index (κ3) is 4.29. The van der Waals surface area contributed by atoms with Crippen LogP contribution < -0.4 is 10.6 Å². The smallest absolute Gasteiger partial charge is 0.255 e. The van der Waals surface area contributed by atoms with Gasteiger partial charge in [0.1, 0.15) is 11.6 Å². The van der Waals surface area contributed by atoms with Crippen molar-refractivity contribution >= 4 is 29.1 Å². The Hall–Kier alpha value is -3.12. The van der Waals surface area contributed by atoms with Crippen LogP contribution in [0.25, 0.3) is 0 Å². The largest absolute Gasteiger partial charge is 0.467 e. The van der Waals surface area contributed by atoms with Gasteiger partial charge in [-0.05, 0) is 48.5 Å². The van der Waals surface area contributed by atoms with Gasteiger partial charge in [-0.3, -0.25) is 9.59 Å². The first-order chi connectivity index (χ1) is 12.5. The van der Waals surface area contributed by atoms with Crippen LogP contribution in [-0.2, 0) is 6.54 Å². The van der Waals surface area contributed by atoms with E-state index >= 15 is 0 Å². The molecule has 2 N–H and O–H groups in total. The predicted octanol–water partition coefficient (Wildman–Crippen LogP) is 4.25. The van der Waals surface area contributed by atoms with Crippen molar-refractivity contribution in [1.29, 1.82) is 0 Å². The molecule has 1 aromatic heterocycles. The van der Waals surface area contributed by atoms with Gasteiger partial charge in [-0.25, -0.2) is 4.39 Å². The minimum absolute atomic E-state index is 0.0890. The number of benzene rings is 2. The quantitative estimate of drug-likeness (QED) is 0.703. The number of furan rings is 1. The van der Waals surface area contributed by atoms with Gasteiger partial charge in [-0.1, -0.05) is 17.7 Å². The van der Waals surface area contributed by atoms with Gasteiger partial charge >= 0.3 is 0 Å². The molecule has 5 nitrogen and oxygen atoms in total. The number of carbonyl (C=O) groups is 2. The van der Waals surface area contributed by atoms with Gasteiger partial charge in [0, 0.05) is 16.8 Å². The zero-order chi connectivity index (χ0) is 18.5. The van der Waals surface area contributed by atoms with Crippen molar-refractivity contribution in [2.75, 3.05) is 5.32 Å². The fraction of sp³-hybridized carbons (Fsp3) is 0.0526. The van der Waals surface area contributed by atoms with Crippen LogP contribution in [0.5, 0.6) is 0 Å². The van der Waals surface area contributed by atoms with E-state index in [9.17, 15) is 14.0 Å². The van der Waals surface area contributed by atoms with E-state index < -0.39 is 11.7 Å². The molecule has 2 amide bonds. The summed E-state index contributed by atoms with van der Waals surface area (Å²) in [6.45, 7) is 0.246. The molecule has 26 heavy (non-hydrogen) atoms. The topological polar surface area (TPSA) is 71.3 Å². The Morgan fingerprint density at radius 2 is 1.77 bits per heavy atom. The maximum Gasteiger partial charge on any atom is 0.255 e. The van der Waals surface area contributed by atoms with Crippen molar-refractivity contribution in [1.82, 2.24) is 5.32 Å². The fourth-order valence-electron chi connectivity index (χ4n) is 2.26. The van der Waals surface area contributed by atoms with E-state index in [0.717, 1.165) is 6.07 Å². The van der Waals surface area contributed by atoms with E-state index in [0.29, 0.717) is 17.0 Å².